The van der Waals surface area contributed by atoms with Crippen molar-refractivity contribution in [2.24, 2.45) is 7.05 Å². The lowest BCUT2D eigenvalue weighted by molar-refractivity contribution is 0.184. The maximum atomic E-state index is 5.26. The number of ether oxygens (including phenoxy) is 1. The predicted octanol–water partition coefficient (Wildman–Crippen LogP) is 2.50. The summed E-state index contributed by atoms with van der Waals surface area (Å²) < 4.78 is 7.04. The first-order chi connectivity index (χ1) is 9.86. The van der Waals surface area contributed by atoms with Crippen molar-refractivity contribution in [2.45, 2.75) is 45.6 Å². The number of nitrogens with zero attached hydrogens (tertiary/aromatic N) is 4. The van der Waals surface area contributed by atoms with Crippen LogP contribution in [0.2, 0.25) is 0 Å². The van der Waals surface area contributed by atoms with Crippen LogP contribution in [-0.2, 0) is 17.2 Å². The van der Waals surface area contributed by atoms with Gasteiger partial charge in [0, 0.05) is 19.6 Å². The summed E-state index contributed by atoms with van der Waals surface area (Å²) in [6, 6.07) is 0.223. The van der Waals surface area contributed by atoms with Gasteiger partial charge in [-0.25, -0.2) is 9.97 Å². The first-order valence-electron chi connectivity index (χ1n) is 7.32. The number of methoxy groups -OCH3 is 1. The van der Waals surface area contributed by atoms with E-state index in [2.05, 4.69) is 43.1 Å². The quantitative estimate of drug-likeness (QED) is 0.917. The Hall–Kier alpha value is -1.69. The van der Waals surface area contributed by atoms with Crippen molar-refractivity contribution in [3.63, 3.8) is 0 Å². The summed E-state index contributed by atoms with van der Waals surface area (Å²) in [5.74, 6) is 1.65. The van der Waals surface area contributed by atoms with Crippen LogP contribution >= 0.6 is 0 Å². The van der Waals surface area contributed by atoms with Gasteiger partial charge in [0.25, 0.3) is 0 Å². The van der Waals surface area contributed by atoms with Gasteiger partial charge in [0.15, 0.2) is 5.65 Å². The lowest BCUT2D eigenvalue weighted by Gasteiger charge is -2.21. The largest absolute Gasteiger partial charge is 0.383 e. The number of nitrogens with one attached hydrogen (secondary N) is 1. The summed E-state index contributed by atoms with van der Waals surface area (Å²) in [5.41, 5.74) is 0.738. The van der Waals surface area contributed by atoms with Gasteiger partial charge in [0.2, 0.25) is 0 Å². The number of fused-ring (bicyclic) bond motifs is 1. The molecule has 0 saturated carbocycles. The monoisotopic (exact) mass is 291 g/mol. The van der Waals surface area contributed by atoms with Gasteiger partial charge in [-0.05, 0) is 6.42 Å². The molecule has 2 rings (SSSR count). The van der Waals surface area contributed by atoms with E-state index in [1.54, 1.807) is 11.8 Å². The van der Waals surface area contributed by atoms with Gasteiger partial charge >= 0.3 is 0 Å². The van der Waals surface area contributed by atoms with Gasteiger partial charge in [-0.15, -0.1) is 0 Å². The molecule has 21 heavy (non-hydrogen) atoms. The second-order valence-electron chi connectivity index (χ2n) is 6.36. The minimum Gasteiger partial charge on any atom is -0.383 e. The maximum absolute atomic E-state index is 5.26. The molecule has 0 radical (unpaired) electrons. The zero-order chi connectivity index (χ0) is 15.6. The maximum Gasteiger partial charge on any atom is 0.163 e. The summed E-state index contributed by atoms with van der Waals surface area (Å²) in [7, 11) is 3.61. The minimum absolute atomic E-state index is 0.113. The van der Waals surface area contributed by atoms with Crippen molar-refractivity contribution in [2.75, 3.05) is 19.0 Å². The van der Waals surface area contributed by atoms with Gasteiger partial charge in [-0.2, -0.15) is 5.10 Å². The van der Waals surface area contributed by atoms with Crippen LogP contribution in [0.3, 0.4) is 0 Å². The lowest BCUT2D eigenvalue weighted by Crippen LogP contribution is -2.26. The van der Waals surface area contributed by atoms with Crippen LogP contribution in [-0.4, -0.2) is 39.5 Å². The summed E-state index contributed by atoms with van der Waals surface area (Å²) in [6.45, 7) is 9.11. The first kappa shape index (κ1) is 15.7. The molecule has 0 spiro atoms. The fourth-order valence-electron chi connectivity index (χ4n) is 2.12. The summed E-state index contributed by atoms with van der Waals surface area (Å²) in [5, 5.41) is 8.72. The van der Waals surface area contributed by atoms with E-state index in [1.165, 1.54) is 0 Å². The third kappa shape index (κ3) is 3.32. The third-order valence-electron chi connectivity index (χ3n) is 3.46. The summed E-state index contributed by atoms with van der Waals surface area (Å²) in [4.78, 5) is 9.39. The Labute approximate surface area is 125 Å². The number of hydrogen-bond donors (Lipinski definition) is 1. The zero-order valence-electron chi connectivity index (χ0n) is 13.8. The van der Waals surface area contributed by atoms with E-state index in [0.717, 1.165) is 29.1 Å². The van der Waals surface area contributed by atoms with Crippen LogP contribution < -0.4 is 5.32 Å². The summed E-state index contributed by atoms with van der Waals surface area (Å²) >= 11 is 0. The molecule has 6 nitrogen and oxygen atoms in total. The van der Waals surface area contributed by atoms with Crippen LogP contribution in [0.4, 0.5) is 5.82 Å². The number of hydrogen-bond acceptors (Lipinski definition) is 5. The molecule has 0 bridgehead atoms. The number of aromatic nitrogens is 4. The molecule has 2 aromatic heterocycles. The smallest absolute Gasteiger partial charge is 0.163 e. The van der Waals surface area contributed by atoms with Crippen molar-refractivity contribution in [3.8, 4) is 0 Å². The van der Waals surface area contributed by atoms with E-state index in [0.29, 0.717) is 6.61 Å². The standard InChI is InChI=1S/C15H25N5O/c1-7-10(9-21-6)17-12-11-8-16-20(5)13(11)19-14(18-12)15(2,3)4/h8,10H,7,9H2,1-6H3,(H,17,18,19)/t10-/m1/s1. The van der Waals surface area contributed by atoms with Gasteiger partial charge in [0.05, 0.1) is 24.2 Å². The Morgan fingerprint density at radius 3 is 2.62 bits per heavy atom. The Morgan fingerprint density at radius 2 is 2.05 bits per heavy atom. The Balaban J connectivity index is 2.50. The SMILES string of the molecule is CC[C@H](COC)Nc1nc(C(C)(C)C)nc2c1cnn2C. The van der Waals surface area contributed by atoms with E-state index in [-0.39, 0.29) is 11.5 Å². The molecule has 2 aromatic rings. The molecule has 1 atom stereocenters. The third-order valence-corrected chi connectivity index (χ3v) is 3.46. The highest BCUT2D eigenvalue weighted by Gasteiger charge is 2.22. The fourth-order valence-corrected chi connectivity index (χ4v) is 2.12. The molecule has 1 N–H and O–H groups in total. The second kappa shape index (κ2) is 5.97. The molecule has 0 aromatic carbocycles. The Kier molecular flexibility index (Phi) is 4.46. The van der Waals surface area contributed by atoms with Crippen molar-refractivity contribution in [1.82, 2.24) is 19.7 Å². The fraction of sp³-hybridized carbons (Fsp3) is 0.667. The van der Waals surface area contributed by atoms with Crippen molar-refractivity contribution in [3.05, 3.63) is 12.0 Å². The average molecular weight is 291 g/mol. The van der Waals surface area contributed by atoms with Crippen LogP contribution in [0, 0.1) is 0 Å². The van der Waals surface area contributed by atoms with Gasteiger partial charge in [-0.1, -0.05) is 27.7 Å². The normalized spacial score (nSPS) is 13.6. The van der Waals surface area contributed by atoms with Gasteiger partial charge in [-0.3, -0.25) is 4.68 Å². The van der Waals surface area contributed by atoms with Gasteiger partial charge < -0.3 is 10.1 Å². The van der Waals surface area contributed by atoms with Crippen LogP contribution in [0.25, 0.3) is 11.0 Å². The molecule has 2 heterocycles. The van der Waals surface area contributed by atoms with E-state index in [9.17, 15) is 0 Å². The first-order valence-corrected chi connectivity index (χ1v) is 7.32. The molecule has 116 valence electrons. The Morgan fingerprint density at radius 1 is 1.33 bits per heavy atom. The second-order valence-corrected chi connectivity index (χ2v) is 6.36. The number of anilines is 1. The summed E-state index contributed by atoms with van der Waals surface area (Å²) in [6.07, 6.45) is 2.77. The van der Waals surface area contributed by atoms with E-state index in [1.807, 2.05) is 13.2 Å². The van der Waals surface area contributed by atoms with Crippen molar-refractivity contribution < 1.29 is 4.74 Å². The molecule has 0 fully saturated rings. The van der Waals surface area contributed by atoms with Crippen LogP contribution in [0.15, 0.2) is 6.20 Å². The zero-order valence-corrected chi connectivity index (χ0v) is 13.8. The van der Waals surface area contributed by atoms with E-state index >= 15 is 0 Å². The number of rotatable bonds is 5. The van der Waals surface area contributed by atoms with Crippen LogP contribution in [0.5, 0.6) is 0 Å². The van der Waals surface area contributed by atoms with Crippen LogP contribution in [0.1, 0.15) is 39.9 Å². The molecular formula is C15H25N5O. The van der Waals surface area contributed by atoms with Gasteiger partial charge in [0.1, 0.15) is 11.6 Å². The van der Waals surface area contributed by atoms with E-state index < -0.39 is 0 Å². The molecule has 0 aliphatic rings. The Bertz CT molecular complexity index is 614. The minimum atomic E-state index is -0.113. The molecule has 0 aliphatic heterocycles. The molecular weight excluding hydrogens is 266 g/mol. The average Bonchev–Trinajstić information content (AvgIpc) is 2.79. The van der Waals surface area contributed by atoms with E-state index in [4.69, 9.17) is 9.72 Å². The highest BCUT2D eigenvalue weighted by Crippen LogP contribution is 2.26. The molecule has 0 aliphatic carbocycles. The number of aryl methyl sites for hydroxylation is 1. The molecule has 0 saturated heterocycles. The highest BCUT2D eigenvalue weighted by molar-refractivity contribution is 5.86. The molecule has 0 amide bonds. The van der Waals surface area contributed by atoms with Crippen molar-refractivity contribution in [1.29, 1.82) is 0 Å². The topological polar surface area (TPSA) is 64.9 Å². The lowest BCUT2D eigenvalue weighted by atomic mass is 9.95. The molecule has 0 unspecified atom stereocenters. The predicted molar refractivity (Wildman–Crippen MR) is 84.6 cm³/mol. The van der Waals surface area contributed by atoms with Crippen molar-refractivity contribution >= 4 is 16.9 Å². The molecule has 6 heteroatoms. The highest BCUT2D eigenvalue weighted by atomic mass is 16.5.